The predicted molar refractivity (Wildman–Crippen MR) is 77.7 cm³/mol. The topological polar surface area (TPSA) is 77.5 Å². The Hall–Kier alpha value is -2.76. The SMILES string of the molecule is COc1ccc(CNc2nc(N)cn3ccnc23)cc1. The number of anilines is 2. The zero-order valence-electron chi connectivity index (χ0n) is 11.1. The van der Waals surface area contributed by atoms with Gasteiger partial charge in [0.05, 0.1) is 13.3 Å². The van der Waals surface area contributed by atoms with Gasteiger partial charge < -0.3 is 20.2 Å². The van der Waals surface area contributed by atoms with Crippen molar-refractivity contribution >= 4 is 17.3 Å². The maximum absolute atomic E-state index is 5.77. The van der Waals surface area contributed by atoms with E-state index in [0.29, 0.717) is 18.2 Å². The molecule has 3 N–H and O–H groups in total. The Balaban J connectivity index is 1.80. The highest BCUT2D eigenvalue weighted by Crippen LogP contribution is 2.17. The molecule has 3 rings (SSSR count). The largest absolute Gasteiger partial charge is 0.497 e. The van der Waals surface area contributed by atoms with Crippen LogP contribution in [0.5, 0.6) is 5.75 Å². The number of fused-ring (bicyclic) bond motifs is 1. The minimum Gasteiger partial charge on any atom is -0.497 e. The van der Waals surface area contributed by atoms with Gasteiger partial charge in [0.2, 0.25) is 0 Å². The first-order chi connectivity index (χ1) is 9.76. The smallest absolute Gasteiger partial charge is 0.180 e. The number of methoxy groups -OCH3 is 1. The first-order valence-corrected chi connectivity index (χ1v) is 6.22. The quantitative estimate of drug-likeness (QED) is 0.756. The number of nitrogen functional groups attached to an aromatic ring is 1. The van der Waals surface area contributed by atoms with E-state index in [-0.39, 0.29) is 0 Å². The van der Waals surface area contributed by atoms with Gasteiger partial charge >= 0.3 is 0 Å². The van der Waals surface area contributed by atoms with Gasteiger partial charge in [-0.05, 0) is 17.7 Å². The maximum Gasteiger partial charge on any atom is 0.180 e. The molecule has 0 atom stereocenters. The van der Waals surface area contributed by atoms with Crippen LogP contribution in [0.2, 0.25) is 0 Å². The average Bonchev–Trinajstić information content (AvgIpc) is 2.93. The highest BCUT2D eigenvalue weighted by atomic mass is 16.5. The fraction of sp³-hybridized carbons (Fsp3) is 0.143. The van der Waals surface area contributed by atoms with Gasteiger partial charge in [0.15, 0.2) is 11.5 Å². The predicted octanol–water partition coefficient (Wildman–Crippen LogP) is 1.93. The number of aromatic nitrogens is 3. The van der Waals surface area contributed by atoms with Crippen LogP contribution in [0.25, 0.3) is 5.65 Å². The molecule has 0 fully saturated rings. The van der Waals surface area contributed by atoms with Crippen molar-refractivity contribution in [1.29, 1.82) is 0 Å². The Labute approximate surface area is 116 Å². The molecule has 0 amide bonds. The third-order valence-corrected chi connectivity index (χ3v) is 3.01. The van der Waals surface area contributed by atoms with E-state index >= 15 is 0 Å². The molecule has 6 heteroatoms. The van der Waals surface area contributed by atoms with Crippen molar-refractivity contribution in [2.75, 3.05) is 18.2 Å². The number of rotatable bonds is 4. The summed E-state index contributed by atoms with van der Waals surface area (Å²) in [6.45, 7) is 0.642. The van der Waals surface area contributed by atoms with Crippen LogP contribution >= 0.6 is 0 Å². The van der Waals surface area contributed by atoms with Gasteiger partial charge in [0.25, 0.3) is 0 Å². The summed E-state index contributed by atoms with van der Waals surface area (Å²) in [6.07, 6.45) is 5.29. The van der Waals surface area contributed by atoms with Crippen LogP contribution in [-0.2, 0) is 6.54 Å². The van der Waals surface area contributed by atoms with Crippen LogP contribution in [0.15, 0.2) is 42.9 Å². The summed E-state index contributed by atoms with van der Waals surface area (Å²) < 4.78 is 6.98. The molecule has 0 unspecified atom stereocenters. The van der Waals surface area contributed by atoms with Gasteiger partial charge in [0.1, 0.15) is 11.6 Å². The number of nitrogens with two attached hydrogens (primary N) is 1. The van der Waals surface area contributed by atoms with Crippen molar-refractivity contribution in [3.05, 3.63) is 48.4 Å². The van der Waals surface area contributed by atoms with Gasteiger partial charge in [0, 0.05) is 18.9 Å². The van der Waals surface area contributed by atoms with E-state index in [1.54, 1.807) is 19.5 Å². The lowest BCUT2D eigenvalue weighted by molar-refractivity contribution is 0.414. The number of hydrogen-bond acceptors (Lipinski definition) is 5. The fourth-order valence-corrected chi connectivity index (χ4v) is 2.00. The molecular weight excluding hydrogens is 254 g/mol. The Bertz CT molecular complexity index is 720. The highest BCUT2D eigenvalue weighted by molar-refractivity contribution is 5.64. The molecular formula is C14H15N5O. The minimum absolute atomic E-state index is 0.452. The second-order valence-electron chi connectivity index (χ2n) is 4.37. The summed E-state index contributed by atoms with van der Waals surface area (Å²) in [5.74, 6) is 1.96. The van der Waals surface area contributed by atoms with E-state index in [4.69, 9.17) is 10.5 Å². The van der Waals surface area contributed by atoms with Crippen molar-refractivity contribution in [3.8, 4) is 5.75 Å². The van der Waals surface area contributed by atoms with Crippen LogP contribution < -0.4 is 15.8 Å². The Kier molecular flexibility index (Phi) is 3.12. The monoisotopic (exact) mass is 269 g/mol. The Morgan fingerprint density at radius 3 is 2.85 bits per heavy atom. The molecule has 0 aliphatic rings. The number of ether oxygens (including phenoxy) is 1. The van der Waals surface area contributed by atoms with Crippen LogP contribution in [0.1, 0.15) is 5.56 Å². The number of imidazole rings is 1. The van der Waals surface area contributed by atoms with E-state index in [9.17, 15) is 0 Å². The van der Waals surface area contributed by atoms with Crippen LogP contribution in [-0.4, -0.2) is 21.5 Å². The first-order valence-electron chi connectivity index (χ1n) is 6.22. The number of hydrogen-bond donors (Lipinski definition) is 2. The number of benzene rings is 1. The van der Waals surface area contributed by atoms with E-state index < -0.39 is 0 Å². The van der Waals surface area contributed by atoms with Gasteiger partial charge in [-0.2, -0.15) is 0 Å². The molecule has 102 valence electrons. The molecule has 0 saturated heterocycles. The molecule has 2 aromatic heterocycles. The van der Waals surface area contributed by atoms with Crippen LogP contribution in [0, 0.1) is 0 Å². The van der Waals surface area contributed by atoms with Crippen molar-refractivity contribution in [1.82, 2.24) is 14.4 Å². The van der Waals surface area contributed by atoms with Gasteiger partial charge in [-0.25, -0.2) is 9.97 Å². The third kappa shape index (κ3) is 2.35. The molecule has 0 aliphatic carbocycles. The van der Waals surface area contributed by atoms with Gasteiger partial charge in [-0.3, -0.25) is 0 Å². The summed E-state index contributed by atoms with van der Waals surface area (Å²) in [5.41, 5.74) is 7.66. The lowest BCUT2D eigenvalue weighted by Gasteiger charge is -2.08. The molecule has 1 aromatic carbocycles. The summed E-state index contributed by atoms with van der Waals surface area (Å²) in [5, 5.41) is 3.25. The summed E-state index contributed by atoms with van der Waals surface area (Å²) in [4.78, 5) is 8.54. The Morgan fingerprint density at radius 1 is 1.30 bits per heavy atom. The minimum atomic E-state index is 0.452. The summed E-state index contributed by atoms with van der Waals surface area (Å²) in [6, 6.07) is 7.85. The molecule has 0 spiro atoms. The molecule has 6 nitrogen and oxygen atoms in total. The second kappa shape index (κ2) is 5.08. The number of nitrogens with zero attached hydrogens (tertiary/aromatic N) is 3. The van der Waals surface area contributed by atoms with Gasteiger partial charge in [-0.15, -0.1) is 0 Å². The molecule has 0 bridgehead atoms. The van der Waals surface area contributed by atoms with Crippen molar-refractivity contribution < 1.29 is 4.74 Å². The van der Waals surface area contributed by atoms with E-state index in [2.05, 4.69) is 15.3 Å². The highest BCUT2D eigenvalue weighted by Gasteiger charge is 2.05. The molecule has 2 heterocycles. The third-order valence-electron chi connectivity index (χ3n) is 3.01. The average molecular weight is 269 g/mol. The van der Waals surface area contributed by atoms with E-state index in [1.807, 2.05) is 34.9 Å². The first kappa shape index (κ1) is 12.3. The van der Waals surface area contributed by atoms with Crippen molar-refractivity contribution in [2.24, 2.45) is 0 Å². The molecule has 0 aliphatic heterocycles. The van der Waals surface area contributed by atoms with Crippen molar-refractivity contribution in [3.63, 3.8) is 0 Å². The Morgan fingerprint density at radius 2 is 2.10 bits per heavy atom. The summed E-state index contributed by atoms with van der Waals surface area (Å²) >= 11 is 0. The second-order valence-corrected chi connectivity index (χ2v) is 4.37. The standard InChI is InChI=1S/C14H15N5O/c1-20-11-4-2-10(3-5-11)8-17-13-14-16-6-7-19(14)9-12(15)18-13/h2-7,9H,8,15H2,1H3,(H,17,18). The molecule has 0 radical (unpaired) electrons. The molecule has 3 aromatic rings. The van der Waals surface area contributed by atoms with Crippen LogP contribution in [0.4, 0.5) is 11.6 Å². The maximum atomic E-state index is 5.77. The lowest BCUT2D eigenvalue weighted by atomic mass is 10.2. The van der Waals surface area contributed by atoms with E-state index in [0.717, 1.165) is 17.0 Å². The summed E-state index contributed by atoms with van der Waals surface area (Å²) in [7, 11) is 1.65. The zero-order valence-corrected chi connectivity index (χ0v) is 11.1. The zero-order chi connectivity index (χ0) is 13.9. The van der Waals surface area contributed by atoms with Gasteiger partial charge in [-0.1, -0.05) is 12.1 Å². The number of nitrogens with one attached hydrogen (secondary N) is 1. The molecule has 20 heavy (non-hydrogen) atoms. The van der Waals surface area contributed by atoms with E-state index in [1.165, 1.54) is 0 Å². The lowest BCUT2D eigenvalue weighted by Crippen LogP contribution is -2.06. The fourth-order valence-electron chi connectivity index (χ4n) is 2.00. The normalized spacial score (nSPS) is 10.7. The molecule has 0 saturated carbocycles. The van der Waals surface area contributed by atoms with Crippen molar-refractivity contribution in [2.45, 2.75) is 6.54 Å². The van der Waals surface area contributed by atoms with Crippen LogP contribution in [0.3, 0.4) is 0 Å².